The van der Waals surface area contributed by atoms with Crippen molar-refractivity contribution in [2.75, 3.05) is 26.3 Å². The molecule has 1 saturated heterocycles. The molecule has 0 unspecified atom stereocenters. The Morgan fingerprint density at radius 1 is 0.521 bits per heavy atom. The molecule has 12 amide bonds. The van der Waals surface area contributed by atoms with Crippen LogP contribution in [0.25, 0.3) is 10.9 Å². The lowest BCUT2D eigenvalue weighted by Crippen LogP contribution is -2.62. The molecule has 13 atom stereocenters. The van der Waals surface area contributed by atoms with Gasteiger partial charge in [-0.05, 0) is 109 Å². The number of aliphatic hydroxyl groups is 3. The number of aromatic amines is 2. The highest BCUT2D eigenvalue weighted by Crippen LogP contribution is 2.23. The number of nitrogens with zero attached hydrogens (tertiary/aromatic N) is 2. The molecule has 0 bridgehead atoms. The zero-order valence-corrected chi connectivity index (χ0v) is 63.5. The van der Waals surface area contributed by atoms with Crippen molar-refractivity contribution in [2.24, 2.45) is 17.2 Å². The van der Waals surface area contributed by atoms with Gasteiger partial charge in [-0.3, -0.25) is 62.9 Å². The molecule has 0 aliphatic carbocycles. The number of H-pyrrole nitrogens is 2. The maximum Gasteiger partial charge on any atom is 0.328 e. The van der Waals surface area contributed by atoms with E-state index in [2.05, 4.69) is 73.4 Å². The number of para-hydroxylation sites is 1. The topological polar surface area (TPSA) is 645 Å². The van der Waals surface area contributed by atoms with Gasteiger partial charge in [0, 0.05) is 74.2 Å². The van der Waals surface area contributed by atoms with Crippen molar-refractivity contribution in [3.8, 4) is 17.2 Å². The van der Waals surface area contributed by atoms with E-state index < -0.39 is 188 Å². The second-order valence-electron chi connectivity index (χ2n) is 28.1. The quantitative estimate of drug-likeness (QED) is 0.00973. The van der Waals surface area contributed by atoms with Crippen molar-refractivity contribution in [1.29, 1.82) is 5.41 Å². The summed E-state index contributed by atoms with van der Waals surface area (Å²) in [4.78, 5) is 195. The first-order valence-electron chi connectivity index (χ1n) is 37.4. The van der Waals surface area contributed by atoms with Crippen LogP contribution in [0.2, 0.25) is 0 Å². The van der Waals surface area contributed by atoms with Crippen LogP contribution in [0.3, 0.4) is 0 Å². The molecule has 3 heterocycles. The standard InChI is InChI=1S/C78H97N19O20/c1-41(100)65(77(116)117)96-73(112)58(32-45-19-25-50(103)26-20-45)90-72(111)60(35-64(80)104)92-69(108)56(30-43-15-21-48(101)22-16-43)88-68(107)55(29-42-9-3-2-4-10-42)91-74(113)61(38-98)94-70(109)57(31-44-17-23-49(102)24-18-44)89-71(110)59(34-47-37-83-40-86-47)93-75(114)63-14-8-28-97(63)76(115)62(39-99)95-67(106)54(13-7-27-84-78(81)82)87-66(105)52(79)33-46-36-85-53-12-6-5-11-51(46)53/h2-6,9-12,15-26,36-37,40-41,52,54-63,65,85,98-103H,7-8,13-14,27-35,38-39,79H2,1H3,(H2,80,104)(H,83,86)(H,87,105)(H,88,107)(H,89,110)(H,90,111)(H,91,113)(H,92,108)(H,93,114)(H,94,109)(H,95,106)(H,96,112)(H,116,117)(H4,81,82,84)/t41-,52+,54+,55+,56+,57+,58+,59+,60+,61+,62+,63+,65+/m1/s1. The Morgan fingerprint density at radius 3 is 1.44 bits per heavy atom. The van der Waals surface area contributed by atoms with Crippen molar-refractivity contribution >= 4 is 93.7 Å². The zero-order chi connectivity index (χ0) is 85.0. The number of carbonyl (C=O) groups is 13. The summed E-state index contributed by atoms with van der Waals surface area (Å²) >= 11 is 0. The highest BCUT2D eigenvalue weighted by atomic mass is 16.4. The van der Waals surface area contributed by atoms with E-state index in [4.69, 9.17) is 22.6 Å². The third-order valence-electron chi connectivity index (χ3n) is 19.2. The first kappa shape index (κ1) is 89.0. The van der Waals surface area contributed by atoms with E-state index in [0.717, 1.165) is 28.3 Å². The molecule has 0 radical (unpaired) electrons. The first-order chi connectivity index (χ1) is 55.9. The molecule has 27 N–H and O–H groups in total. The Bertz CT molecular complexity index is 4610. The number of aliphatic carboxylic acids is 1. The number of benzene rings is 5. The number of imidazole rings is 1. The van der Waals surface area contributed by atoms with Gasteiger partial charge in [0.25, 0.3) is 0 Å². The minimum atomic E-state index is -1.95. The van der Waals surface area contributed by atoms with E-state index in [1.54, 1.807) is 36.5 Å². The Morgan fingerprint density at radius 2 is 0.957 bits per heavy atom. The number of aromatic hydroxyl groups is 3. The number of carboxylic acid groups (broad SMARTS) is 1. The number of hydrogen-bond acceptors (Lipinski definition) is 22. The number of phenolic OH excluding ortho intramolecular Hbond substituents is 3. The molecule has 1 aliphatic rings. The molecule has 624 valence electrons. The van der Waals surface area contributed by atoms with Crippen LogP contribution in [-0.2, 0) is 101 Å². The lowest BCUT2D eigenvalue weighted by Gasteiger charge is -2.30. The Labute approximate surface area is 669 Å². The monoisotopic (exact) mass is 1620 g/mol. The normalized spacial score (nSPS) is 15.5. The minimum Gasteiger partial charge on any atom is -0.508 e. The first-order valence-corrected chi connectivity index (χ1v) is 37.4. The predicted molar refractivity (Wildman–Crippen MR) is 418 cm³/mol. The Balaban J connectivity index is 0.993. The number of primary amides is 1. The van der Waals surface area contributed by atoms with Gasteiger partial charge in [-0.2, -0.15) is 0 Å². The summed E-state index contributed by atoms with van der Waals surface area (Å²) in [6.07, 6.45) is 0.295. The number of hydrogen-bond donors (Lipinski definition) is 24. The molecule has 39 nitrogen and oxygen atoms in total. The van der Waals surface area contributed by atoms with Crippen molar-refractivity contribution < 1.29 is 98.1 Å². The molecule has 2 aromatic heterocycles. The van der Waals surface area contributed by atoms with E-state index in [9.17, 15) is 98.1 Å². The minimum absolute atomic E-state index is 0.0148. The number of amides is 12. The second kappa shape index (κ2) is 43.1. The van der Waals surface area contributed by atoms with Crippen LogP contribution >= 0.6 is 0 Å². The van der Waals surface area contributed by atoms with Crippen molar-refractivity contribution in [2.45, 2.75) is 156 Å². The zero-order valence-electron chi connectivity index (χ0n) is 63.5. The van der Waals surface area contributed by atoms with E-state index in [-0.39, 0.29) is 98.9 Å². The van der Waals surface area contributed by atoms with Crippen LogP contribution in [0.1, 0.15) is 72.5 Å². The number of guanidine groups is 1. The lowest BCUT2D eigenvalue weighted by atomic mass is 10.0. The average Bonchev–Trinajstić information content (AvgIpc) is 1.53. The molecular weight excluding hydrogens is 1520 g/mol. The van der Waals surface area contributed by atoms with Crippen LogP contribution in [0, 0.1) is 5.41 Å². The van der Waals surface area contributed by atoms with Crippen LogP contribution in [0.5, 0.6) is 17.2 Å². The molecule has 5 aromatic carbocycles. The van der Waals surface area contributed by atoms with Crippen LogP contribution in [0.4, 0.5) is 0 Å². The highest BCUT2D eigenvalue weighted by Gasteiger charge is 2.42. The average molecular weight is 1620 g/mol. The number of carboxylic acids is 1. The Hall–Kier alpha value is -13.5. The number of aliphatic hydroxyl groups excluding tert-OH is 3. The molecular formula is C78H97N19O20. The Kier molecular flexibility index (Phi) is 32.8. The van der Waals surface area contributed by atoms with E-state index in [1.807, 2.05) is 24.3 Å². The largest absolute Gasteiger partial charge is 0.508 e. The molecule has 1 fully saturated rings. The second-order valence-corrected chi connectivity index (χ2v) is 28.1. The van der Waals surface area contributed by atoms with Gasteiger partial charge in [0.05, 0.1) is 38.1 Å². The third-order valence-corrected chi connectivity index (χ3v) is 19.2. The molecule has 1 aliphatic heterocycles. The number of rotatable bonds is 43. The maximum atomic E-state index is 14.9. The van der Waals surface area contributed by atoms with Crippen LogP contribution in [0.15, 0.2) is 146 Å². The molecule has 39 heteroatoms. The summed E-state index contributed by atoms with van der Waals surface area (Å²) < 4.78 is 0. The molecule has 117 heavy (non-hydrogen) atoms. The van der Waals surface area contributed by atoms with E-state index in [1.165, 1.54) is 85.3 Å². The summed E-state index contributed by atoms with van der Waals surface area (Å²) in [6, 6.07) is 11.6. The molecule has 0 saturated carbocycles. The maximum absolute atomic E-state index is 14.9. The van der Waals surface area contributed by atoms with Gasteiger partial charge >= 0.3 is 5.97 Å². The number of carbonyl (C=O) groups excluding carboxylic acids is 12. The van der Waals surface area contributed by atoms with Crippen molar-refractivity contribution in [3.63, 3.8) is 0 Å². The smallest absolute Gasteiger partial charge is 0.328 e. The van der Waals surface area contributed by atoms with Crippen molar-refractivity contribution in [3.05, 3.63) is 180 Å². The summed E-state index contributed by atoms with van der Waals surface area (Å²) in [5.41, 5.74) is 20.6. The number of nitrogens with two attached hydrogens (primary N) is 3. The summed E-state index contributed by atoms with van der Waals surface area (Å²) in [6.45, 7) is -1.02. The lowest BCUT2D eigenvalue weighted by molar-refractivity contribution is -0.145. The number of nitrogens with one attached hydrogen (secondary N) is 14. The molecule has 0 spiro atoms. The van der Waals surface area contributed by atoms with E-state index >= 15 is 0 Å². The number of likely N-dealkylation sites (tertiary alicyclic amines) is 1. The summed E-state index contributed by atoms with van der Waals surface area (Å²) in [7, 11) is 0. The van der Waals surface area contributed by atoms with Gasteiger partial charge in [-0.1, -0.05) is 84.9 Å². The van der Waals surface area contributed by atoms with Gasteiger partial charge in [-0.25, -0.2) is 9.78 Å². The van der Waals surface area contributed by atoms with Gasteiger partial charge in [-0.15, -0.1) is 0 Å². The van der Waals surface area contributed by atoms with Crippen LogP contribution < -0.4 is 75.7 Å². The summed E-state index contributed by atoms with van der Waals surface area (Å²) in [5.74, 6) is -15.2. The number of aromatic nitrogens is 3. The number of fused-ring (bicyclic) bond motifs is 1. The highest BCUT2D eigenvalue weighted by molar-refractivity contribution is 6.01. The predicted octanol–water partition coefficient (Wildman–Crippen LogP) is -4.48. The van der Waals surface area contributed by atoms with E-state index in [0.29, 0.717) is 16.7 Å². The fourth-order valence-corrected chi connectivity index (χ4v) is 12.9. The van der Waals surface area contributed by atoms with Gasteiger partial charge in [0.2, 0.25) is 70.9 Å². The van der Waals surface area contributed by atoms with Gasteiger partial charge in [0.15, 0.2) is 12.0 Å². The summed E-state index contributed by atoms with van der Waals surface area (Å²) in [5, 5.41) is 108. The molecule has 7 aromatic rings. The SMILES string of the molecule is C[C@@H](O)[C@H](NC(=O)[C@H](Cc1ccc(O)cc1)NC(=O)[C@H](CC(N)=O)NC(=O)[C@H](Cc1ccc(O)cc1)NC(=O)[C@H](Cc1ccccc1)NC(=O)[C@H](CO)NC(=O)[C@H](Cc1ccc(O)cc1)NC(=O)[C@H](Cc1cnc[nH]1)NC(=O)[C@@H]1CCCN1C(=O)[C@H](CO)NC(=O)[C@H](CCCNC(=N)N)NC(=O)[C@@H](N)Cc1c[nH]c2ccccc12)C(=O)O. The van der Waals surface area contributed by atoms with Gasteiger partial charge in [0.1, 0.15) is 77.7 Å². The molecule has 8 rings (SSSR count). The van der Waals surface area contributed by atoms with Crippen molar-refractivity contribution in [1.82, 2.24) is 78.3 Å². The fourth-order valence-electron chi connectivity index (χ4n) is 12.9. The number of phenols is 3. The fraction of sp³-hybridized carbons (Fsp3) is 0.372. The third kappa shape index (κ3) is 26.8. The van der Waals surface area contributed by atoms with Gasteiger partial charge < -0.3 is 126 Å². The van der Waals surface area contributed by atoms with Crippen LogP contribution in [-0.4, -0.2) is 243 Å².